The standard InChI is InChI=1S/C44H60N2O6/c1-43(2,3)44(4)51-41(31-45(5,27-33-11-19-37(47-7)20-12-33)28-34-13-21-38(48-8)22-14-34)42(52-44)32-46(6,29-35-15-23-39(49-9)24-16-35)30-36-17-25-40(50-10)26-18-36/h11-26,41-42H,27-32H2,1-10H3/q+2/t41-,42-/m0/s1. The molecule has 4 aromatic carbocycles. The second-order valence-electron chi connectivity index (χ2n) is 16.1. The molecule has 1 aliphatic heterocycles. The largest absolute Gasteiger partial charge is 0.497 e. The van der Waals surface area contributed by atoms with Crippen LogP contribution in [0.15, 0.2) is 97.1 Å². The number of methoxy groups -OCH3 is 4. The minimum absolute atomic E-state index is 0.157. The van der Waals surface area contributed by atoms with Crippen LogP contribution in [0.25, 0.3) is 0 Å². The van der Waals surface area contributed by atoms with E-state index >= 15 is 0 Å². The maximum Gasteiger partial charge on any atom is 0.171 e. The van der Waals surface area contributed by atoms with Crippen LogP contribution in [0.1, 0.15) is 49.9 Å². The molecule has 0 amide bonds. The summed E-state index contributed by atoms with van der Waals surface area (Å²) in [6.07, 6.45) is -0.315. The summed E-state index contributed by atoms with van der Waals surface area (Å²) in [4.78, 5) is 0. The highest BCUT2D eigenvalue weighted by Crippen LogP contribution is 2.44. The molecule has 280 valence electrons. The summed E-state index contributed by atoms with van der Waals surface area (Å²) in [6.45, 7) is 13.5. The Bertz CT molecular complexity index is 1480. The van der Waals surface area contributed by atoms with E-state index in [-0.39, 0.29) is 17.6 Å². The topological polar surface area (TPSA) is 55.4 Å². The van der Waals surface area contributed by atoms with Gasteiger partial charge >= 0.3 is 0 Å². The highest BCUT2D eigenvalue weighted by molar-refractivity contribution is 5.29. The number of likely N-dealkylation sites (N-methyl/N-ethyl adjacent to an activating group) is 2. The zero-order chi connectivity index (χ0) is 37.6. The number of quaternary nitrogens is 2. The first kappa shape index (κ1) is 39.1. The molecule has 4 aromatic rings. The molecule has 1 saturated heterocycles. The van der Waals surface area contributed by atoms with Crippen molar-refractivity contribution in [1.82, 2.24) is 0 Å². The summed E-state index contributed by atoms with van der Waals surface area (Å²) >= 11 is 0. The van der Waals surface area contributed by atoms with Gasteiger partial charge in [0.2, 0.25) is 0 Å². The predicted molar refractivity (Wildman–Crippen MR) is 207 cm³/mol. The molecule has 8 heteroatoms. The first-order valence-electron chi connectivity index (χ1n) is 18.2. The molecule has 52 heavy (non-hydrogen) atoms. The van der Waals surface area contributed by atoms with Crippen LogP contribution in [0.2, 0.25) is 0 Å². The van der Waals surface area contributed by atoms with E-state index in [1.165, 1.54) is 22.3 Å². The molecule has 0 spiro atoms. The summed E-state index contributed by atoms with van der Waals surface area (Å²) in [5, 5.41) is 0. The zero-order valence-electron chi connectivity index (χ0n) is 33.0. The average molecular weight is 713 g/mol. The fraction of sp³-hybridized carbons (Fsp3) is 0.455. The van der Waals surface area contributed by atoms with Gasteiger partial charge in [-0.05, 0) is 104 Å². The lowest BCUT2D eigenvalue weighted by atomic mass is 9.87. The van der Waals surface area contributed by atoms with Crippen LogP contribution in [-0.2, 0) is 35.7 Å². The molecule has 0 radical (unpaired) electrons. The molecule has 8 nitrogen and oxygen atoms in total. The van der Waals surface area contributed by atoms with Crippen LogP contribution >= 0.6 is 0 Å². The Labute approximate surface area is 312 Å². The molecule has 1 heterocycles. The van der Waals surface area contributed by atoms with Gasteiger partial charge in [0.1, 0.15) is 74.5 Å². The molecule has 0 aliphatic carbocycles. The van der Waals surface area contributed by atoms with Crippen molar-refractivity contribution in [1.29, 1.82) is 0 Å². The smallest absolute Gasteiger partial charge is 0.171 e. The van der Waals surface area contributed by atoms with E-state index in [0.29, 0.717) is 0 Å². The number of nitrogens with zero attached hydrogens (tertiary/aromatic N) is 2. The fourth-order valence-electron chi connectivity index (χ4n) is 7.35. The van der Waals surface area contributed by atoms with Crippen molar-refractivity contribution in [3.8, 4) is 23.0 Å². The molecule has 5 rings (SSSR count). The predicted octanol–water partition coefficient (Wildman–Crippen LogP) is 8.26. The van der Waals surface area contributed by atoms with Gasteiger partial charge in [-0.1, -0.05) is 20.8 Å². The molecular weight excluding hydrogens is 652 g/mol. The van der Waals surface area contributed by atoms with Gasteiger partial charge in [-0.25, -0.2) is 0 Å². The van der Waals surface area contributed by atoms with E-state index in [4.69, 9.17) is 28.4 Å². The van der Waals surface area contributed by atoms with E-state index in [9.17, 15) is 0 Å². The van der Waals surface area contributed by atoms with Gasteiger partial charge in [-0.3, -0.25) is 0 Å². The van der Waals surface area contributed by atoms with Crippen molar-refractivity contribution >= 4 is 0 Å². The number of hydrogen-bond donors (Lipinski definition) is 0. The zero-order valence-corrected chi connectivity index (χ0v) is 33.0. The monoisotopic (exact) mass is 712 g/mol. The van der Waals surface area contributed by atoms with E-state index in [1.807, 2.05) is 48.5 Å². The van der Waals surface area contributed by atoms with Gasteiger partial charge in [0.25, 0.3) is 0 Å². The molecule has 0 bridgehead atoms. The van der Waals surface area contributed by atoms with Crippen LogP contribution in [0.4, 0.5) is 0 Å². The maximum absolute atomic E-state index is 7.16. The third-order valence-corrected chi connectivity index (χ3v) is 10.7. The third kappa shape index (κ3) is 9.86. The lowest BCUT2D eigenvalue weighted by molar-refractivity contribution is -0.944. The number of hydrogen-bond acceptors (Lipinski definition) is 6. The lowest BCUT2D eigenvalue weighted by Crippen LogP contribution is -2.54. The normalized spacial score (nSPS) is 17.5. The second kappa shape index (κ2) is 16.3. The Morgan fingerprint density at radius 3 is 0.904 bits per heavy atom. The quantitative estimate of drug-likeness (QED) is 0.109. The number of benzene rings is 4. The maximum atomic E-state index is 7.16. The molecule has 2 atom stereocenters. The molecule has 0 N–H and O–H groups in total. The summed E-state index contributed by atoms with van der Waals surface area (Å²) in [7, 11) is 11.5. The van der Waals surface area contributed by atoms with Crippen LogP contribution in [0.3, 0.4) is 0 Å². The lowest BCUT2D eigenvalue weighted by Gasteiger charge is -2.40. The minimum Gasteiger partial charge on any atom is -0.497 e. The minimum atomic E-state index is -0.765. The number of rotatable bonds is 16. The first-order chi connectivity index (χ1) is 24.7. The molecule has 0 aromatic heterocycles. The van der Waals surface area contributed by atoms with Crippen LogP contribution in [0, 0.1) is 5.41 Å². The van der Waals surface area contributed by atoms with E-state index in [0.717, 1.165) is 71.2 Å². The van der Waals surface area contributed by atoms with Gasteiger partial charge in [-0.15, -0.1) is 0 Å². The summed E-state index contributed by atoms with van der Waals surface area (Å²) in [5.74, 6) is 2.65. The second-order valence-corrected chi connectivity index (χ2v) is 16.1. The number of ether oxygens (including phenoxy) is 6. The van der Waals surface area contributed by atoms with Crippen molar-refractivity contribution in [2.24, 2.45) is 5.41 Å². The third-order valence-electron chi connectivity index (χ3n) is 10.7. The van der Waals surface area contributed by atoms with Crippen molar-refractivity contribution in [2.75, 3.05) is 55.6 Å². The summed E-state index contributed by atoms with van der Waals surface area (Å²) < 4.78 is 37.7. The summed E-state index contributed by atoms with van der Waals surface area (Å²) in [6, 6.07) is 33.7. The Morgan fingerprint density at radius 2 is 0.712 bits per heavy atom. The molecule has 0 unspecified atom stereocenters. The van der Waals surface area contributed by atoms with Gasteiger partial charge in [0.05, 0.1) is 42.5 Å². The Balaban J connectivity index is 1.50. The molecule has 1 aliphatic rings. The van der Waals surface area contributed by atoms with Crippen molar-refractivity contribution in [2.45, 2.75) is 71.9 Å². The van der Waals surface area contributed by atoms with Gasteiger partial charge in [0.15, 0.2) is 5.79 Å². The van der Waals surface area contributed by atoms with Crippen molar-refractivity contribution in [3.63, 3.8) is 0 Å². The first-order valence-corrected chi connectivity index (χ1v) is 18.2. The van der Waals surface area contributed by atoms with E-state index < -0.39 is 5.79 Å². The van der Waals surface area contributed by atoms with Gasteiger partial charge in [-0.2, -0.15) is 0 Å². The van der Waals surface area contributed by atoms with Crippen LogP contribution in [0.5, 0.6) is 23.0 Å². The van der Waals surface area contributed by atoms with Gasteiger partial charge in [0, 0.05) is 27.7 Å². The van der Waals surface area contributed by atoms with E-state index in [1.54, 1.807) is 28.4 Å². The Morgan fingerprint density at radius 1 is 0.481 bits per heavy atom. The van der Waals surface area contributed by atoms with Crippen molar-refractivity contribution in [3.05, 3.63) is 119 Å². The summed E-state index contributed by atoms with van der Waals surface area (Å²) in [5.41, 5.74) is 4.72. The molecule has 1 fully saturated rings. The van der Waals surface area contributed by atoms with E-state index in [2.05, 4.69) is 90.3 Å². The highest BCUT2D eigenvalue weighted by atomic mass is 16.8. The molecule has 0 saturated carbocycles. The Hall–Kier alpha value is -4.08. The average Bonchev–Trinajstić information content (AvgIpc) is 3.43. The SMILES string of the molecule is COc1ccc(C[N+](C)(Cc2ccc(OC)cc2)C[C@@H]2OC(C)(C(C)(C)C)O[C@H]2C[N+](C)(Cc2ccc(OC)cc2)Cc2ccc(OC)cc2)cc1. The van der Waals surface area contributed by atoms with Crippen LogP contribution in [-0.4, -0.2) is 82.6 Å². The van der Waals surface area contributed by atoms with Crippen molar-refractivity contribution < 1.29 is 37.4 Å². The van der Waals surface area contributed by atoms with Gasteiger partial charge < -0.3 is 37.4 Å². The van der Waals surface area contributed by atoms with Crippen LogP contribution < -0.4 is 18.9 Å². The Kier molecular flexibility index (Phi) is 12.3. The highest BCUT2D eigenvalue weighted by Gasteiger charge is 2.55. The molecular formula is C44H60N2O6+2. The fourth-order valence-corrected chi connectivity index (χ4v) is 7.35.